The molecule has 0 saturated carbocycles. The van der Waals surface area contributed by atoms with Gasteiger partial charge in [0.25, 0.3) is 0 Å². The van der Waals surface area contributed by atoms with Gasteiger partial charge in [-0.3, -0.25) is 4.79 Å². The van der Waals surface area contributed by atoms with Crippen molar-refractivity contribution >= 4 is 5.78 Å². The van der Waals surface area contributed by atoms with E-state index in [2.05, 4.69) is 31.3 Å². The lowest BCUT2D eigenvalue weighted by Crippen LogP contribution is -2.31. The molecule has 0 spiro atoms. The van der Waals surface area contributed by atoms with Crippen molar-refractivity contribution in [3.63, 3.8) is 0 Å². The van der Waals surface area contributed by atoms with Crippen LogP contribution in [-0.2, 0) is 6.42 Å². The van der Waals surface area contributed by atoms with Crippen LogP contribution < -0.4 is 5.32 Å². The van der Waals surface area contributed by atoms with Crippen LogP contribution in [0, 0.1) is 11.8 Å². The molecule has 1 N–H and O–H groups in total. The second kappa shape index (κ2) is 6.14. The van der Waals surface area contributed by atoms with E-state index in [0.717, 1.165) is 37.9 Å². The molecule has 1 fully saturated rings. The number of ketones is 1. The van der Waals surface area contributed by atoms with Gasteiger partial charge in [-0.15, -0.1) is 0 Å². The Labute approximate surface area is 110 Å². The quantitative estimate of drug-likeness (QED) is 0.826. The van der Waals surface area contributed by atoms with Crippen molar-refractivity contribution in [1.82, 2.24) is 5.32 Å². The summed E-state index contributed by atoms with van der Waals surface area (Å²) in [5.74, 6) is 1.21. The average Bonchev–Trinajstić information content (AvgIpc) is 2.39. The van der Waals surface area contributed by atoms with Crippen LogP contribution in [0.25, 0.3) is 0 Å². The highest BCUT2D eigenvalue weighted by molar-refractivity contribution is 5.97. The van der Waals surface area contributed by atoms with Crippen molar-refractivity contribution in [1.29, 1.82) is 0 Å². The molecule has 2 rings (SSSR count). The molecule has 2 heteroatoms. The number of rotatable bonds is 4. The maximum absolute atomic E-state index is 12.3. The van der Waals surface area contributed by atoms with Crippen molar-refractivity contribution in [3.8, 4) is 0 Å². The molecule has 1 aliphatic heterocycles. The average molecular weight is 245 g/mol. The van der Waals surface area contributed by atoms with Crippen molar-refractivity contribution in [2.75, 3.05) is 13.1 Å². The monoisotopic (exact) mass is 245 g/mol. The Bertz CT molecular complexity index is 388. The van der Waals surface area contributed by atoms with Crippen LogP contribution in [-0.4, -0.2) is 18.9 Å². The van der Waals surface area contributed by atoms with Gasteiger partial charge in [-0.25, -0.2) is 0 Å². The summed E-state index contributed by atoms with van der Waals surface area (Å²) in [6.45, 7) is 6.38. The van der Waals surface area contributed by atoms with E-state index in [1.165, 1.54) is 5.56 Å². The fourth-order valence-corrected chi connectivity index (χ4v) is 2.60. The fourth-order valence-electron chi connectivity index (χ4n) is 2.60. The zero-order chi connectivity index (χ0) is 13.0. The molecule has 1 saturated heterocycles. The van der Waals surface area contributed by atoms with Crippen molar-refractivity contribution in [2.45, 2.75) is 33.1 Å². The summed E-state index contributed by atoms with van der Waals surface area (Å²) >= 11 is 0. The Balaban J connectivity index is 2.02. The van der Waals surface area contributed by atoms with Crippen molar-refractivity contribution in [2.24, 2.45) is 11.8 Å². The molecule has 1 aliphatic rings. The molecule has 0 bridgehead atoms. The topological polar surface area (TPSA) is 29.1 Å². The first kappa shape index (κ1) is 13.3. The van der Waals surface area contributed by atoms with Crippen LogP contribution in [0.3, 0.4) is 0 Å². The summed E-state index contributed by atoms with van der Waals surface area (Å²) in [7, 11) is 0. The van der Waals surface area contributed by atoms with Gasteiger partial charge in [-0.2, -0.15) is 0 Å². The molecule has 0 radical (unpaired) electrons. The number of nitrogens with one attached hydrogen (secondary N) is 1. The molecule has 1 aromatic carbocycles. The van der Waals surface area contributed by atoms with Crippen LogP contribution in [0.15, 0.2) is 24.3 Å². The Morgan fingerprint density at radius 1 is 1.22 bits per heavy atom. The summed E-state index contributed by atoms with van der Waals surface area (Å²) in [5, 5.41) is 3.30. The minimum absolute atomic E-state index is 0.224. The highest BCUT2D eigenvalue weighted by Gasteiger charge is 2.21. The van der Waals surface area contributed by atoms with Gasteiger partial charge in [0, 0.05) is 11.5 Å². The molecule has 0 aliphatic carbocycles. The van der Waals surface area contributed by atoms with E-state index in [0.29, 0.717) is 11.7 Å². The zero-order valence-electron chi connectivity index (χ0n) is 11.4. The maximum atomic E-state index is 12.3. The molecule has 98 valence electrons. The minimum atomic E-state index is 0.224. The van der Waals surface area contributed by atoms with Crippen LogP contribution in [0.1, 0.15) is 42.6 Å². The van der Waals surface area contributed by atoms with Gasteiger partial charge >= 0.3 is 0 Å². The number of carbonyl (C=O) groups is 1. The molecular weight excluding hydrogens is 222 g/mol. The molecule has 18 heavy (non-hydrogen) atoms. The normalized spacial score (nSPS) is 17.1. The summed E-state index contributed by atoms with van der Waals surface area (Å²) in [4.78, 5) is 12.3. The highest BCUT2D eigenvalue weighted by atomic mass is 16.1. The van der Waals surface area contributed by atoms with Crippen molar-refractivity contribution < 1.29 is 4.79 Å². The van der Waals surface area contributed by atoms with Crippen LogP contribution >= 0.6 is 0 Å². The Hall–Kier alpha value is -1.15. The van der Waals surface area contributed by atoms with Gasteiger partial charge in [-0.05, 0) is 43.8 Å². The largest absolute Gasteiger partial charge is 0.317 e. The standard InChI is InChI=1S/C16H23NO/c1-12(2)11-13-3-5-14(6-4-13)16(18)15-7-9-17-10-8-15/h3-6,12,15,17H,7-11H2,1-2H3. The van der Waals surface area contributed by atoms with E-state index in [1.807, 2.05) is 12.1 Å². The molecular formula is C16H23NO. The summed E-state index contributed by atoms with van der Waals surface area (Å²) in [5.41, 5.74) is 2.21. The second-order valence-corrected chi connectivity index (χ2v) is 5.68. The molecule has 0 atom stereocenters. The third-order valence-electron chi connectivity index (χ3n) is 3.59. The SMILES string of the molecule is CC(C)Cc1ccc(C(=O)C2CCNCC2)cc1. The molecule has 1 aromatic rings. The first-order valence-corrected chi connectivity index (χ1v) is 7.00. The first-order chi connectivity index (χ1) is 8.66. The smallest absolute Gasteiger partial charge is 0.166 e. The third-order valence-corrected chi connectivity index (χ3v) is 3.59. The number of Topliss-reactive ketones (excluding diaryl/α,β-unsaturated/α-hetero) is 1. The molecule has 2 nitrogen and oxygen atoms in total. The maximum Gasteiger partial charge on any atom is 0.166 e. The Kier molecular flexibility index (Phi) is 4.54. The van der Waals surface area contributed by atoms with Gasteiger partial charge in [0.15, 0.2) is 5.78 Å². The lowest BCUT2D eigenvalue weighted by Gasteiger charge is -2.21. The molecule has 0 aromatic heterocycles. The van der Waals surface area contributed by atoms with Crippen LogP contribution in [0.4, 0.5) is 0 Å². The van der Waals surface area contributed by atoms with E-state index in [-0.39, 0.29) is 5.92 Å². The van der Waals surface area contributed by atoms with Gasteiger partial charge in [0.1, 0.15) is 0 Å². The fraction of sp³-hybridized carbons (Fsp3) is 0.562. The Morgan fingerprint density at radius 3 is 2.39 bits per heavy atom. The Morgan fingerprint density at radius 2 is 1.83 bits per heavy atom. The van der Waals surface area contributed by atoms with Crippen LogP contribution in [0.5, 0.6) is 0 Å². The van der Waals surface area contributed by atoms with E-state index in [1.54, 1.807) is 0 Å². The molecule has 0 unspecified atom stereocenters. The lowest BCUT2D eigenvalue weighted by atomic mass is 9.89. The van der Waals surface area contributed by atoms with E-state index < -0.39 is 0 Å². The number of hydrogen-bond donors (Lipinski definition) is 1. The molecule has 0 amide bonds. The summed E-state index contributed by atoms with van der Waals surface area (Å²) in [6.07, 6.45) is 3.04. The number of benzene rings is 1. The van der Waals surface area contributed by atoms with E-state index in [4.69, 9.17) is 0 Å². The minimum Gasteiger partial charge on any atom is -0.317 e. The predicted molar refractivity (Wildman–Crippen MR) is 74.9 cm³/mol. The number of carbonyl (C=O) groups excluding carboxylic acids is 1. The summed E-state index contributed by atoms with van der Waals surface area (Å²) < 4.78 is 0. The van der Waals surface area contributed by atoms with Gasteiger partial charge in [-0.1, -0.05) is 38.1 Å². The van der Waals surface area contributed by atoms with Gasteiger partial charge in [0.2, 0.25) is 0 Å². The van der Waals surface area contributed by atoms with Gasteiger partial charge in [0.05, 0.1) is 0 Å². The van der Waals surface area contributed by atoms with E-state index in [9.17, 15) is 4.79 Å². The predicted octanol–water partition coefficient (Wildman–Crippen LogP) is 3.07. The zero-order valence-corrected chi connectivity index (χ0v) is 11.4. The van der Waals surface area contributed by atoms with Crippen molar-refractivity contribution in [3.05, 3.63) is 35.4 Å². The van der Waals surface area contributed by atoms with E-state index >= 15 is 0 Å². The first-order valence-electron chi connectivity index (χ1n) is 7.00. The second-order valence-electron chi connectivity index (χ2n) is 5.68. The van der Waals surface area contributed by atoms with Gasteiger partial charge < -0.3 is 5.32 Å². The summed E-state index contributed by atoms with van der Waals surface area (Å²) in [6, 6.07) is 8.22. The lowest BCUT2D eigenvalue weighted by molar-refractivity contribution is 0.0895. The molecule has 1 heterocycles. The highest BCUT2D eigenvalue weighted by Crippen LogP contribution is 2.19. The number of hydrogen-bond acceptors (Lipinski definition) is 2. The number of piperidine rings is 1. The third kappa shape index (κ3) is 3.42. The van der Waals surface area contributed by atoms with Crippen LogP contribution in [0.2, 0.25) is 0 Å².